The third kappa shape index (κ3) is 3.88. The molecule has 0 fully saturated rings. The number of carbonyl (C=O) groups is 1. The van der Waals surface area contributed by atoms with Crippen LogP contribution in [0, 0.1) is 0 Å². The highest BCUT2D eigenvalue weighted by Gasteiger charge is 2.10. The molecule has 0 aliphatic heterocycles. The molecule has 0 saturated heterocycles. The Balaban J connectivity index is 1.69. The Bertz CT molecular complexity index is 846. The van der Waals surface area contributed by atoms with E-state index in [0.717, 1.165) is 21.2 Å². The number of methoxy groups -OCH3 is 1. The summed E-state index contributed by atoms with van der Waals surface area (Å²) in [6.07, 6.45) is 0. The minimum atomic E-state index is -0.300. The minimum Gasteiger partial charge on any atom is -0.496 e. The lowest BCUT2D eigenvalue weighted by Crippen LogP contribution is -2.18. The Hall–Kier alpha value is -2.50. The SMILES string of the molecule is COc1ccccc1-c1ccc(NC(=O)Nc2ccc(Cl)cc2)s1. The second-order valence-electron chi connectivity index (χ2n) is 4.95. The highest BCUT2D eigenvalue weighted by atomic mass is 35.5. The van der Waals surface area contributed by atoms with Crippen LogP contribution in [0.5, 0.6) is 5.75 Å². The van der Waals surface area contributed by atoms with Gasteiger partial charge in [-0.2, -0.15) is 0 Å². The Morgan fingerprint density at radius 1 is 1.00 bits per heavy atom. The van der Waals surface area contributed by atoms with Gasteiger partial charge < -0.3 is 10.1 Å². The summed E-state index contributed by atoms with van der Waals surface area (Å²) in [4.78, 5) is 13.1. The average Bonchev–Trinajstić information content (AvgIpc) is 3.05. The molecule has 0 radical (unpaired) electrons. The van der Waals surface area contributed by atoms with Crippen LogP contribution < -0.4 is 15.4 Å². The number of rotatable bonds is 4. The monoisotopic (exact) mass is 358 g/mol. The smallest absolute Gasteiger partial charge is 0.324 e. The molecule has 2 amide bonds. The summed E-state index contributed by atoms with van der Waals surface area (Å²) < 4.78 is 5.37. The van der Waals surface area contributed by atoms with Gasteiger partial charge in [0.15, 0.2) is 0 Å². The predicted octanol–water partition coefficient (Wildman–Crippen LogP) is 5.72. The molecular weight excluding hydrogens is 344 g/mol. The number of urea groups is 1. The number of anilines is 2. The Kier molecular flexibility index (Phi) is 5.03. The quantitative estimate of drug-likeness (QED) is 0.626. The first kappa shape index (κ1) is 16.4. The first-order valence-electron chi connectivity index (χ1n) is 7.22. The molecule has 1 heterocycles. The van der Waals surface area contributed by atoms with Crippen molar-refractivity contribution >= 4 is 39.7 Å². The predicted molar refractivity (Wildman–Crippen MR) is 100 cm³/mol. The molecular formula is C18H15ClN2O2S. The van der Waals surface area contributed by atoms with Gasteiger partial charge in [0.2, 0.25) is 0 Å². The van der Waals surface area contributed by atoms with E-state index in [2.05, 4.69) is 10.6 Å². The second-order valence-corrected chi connectivity index (χ2v) is 6.47. The van der Waals surface area contributed by atoms with Gasteiger partial charge in [0.05, 0.1) is 12.1 Å². The lowest BCUT2D eigenvalue weighted by Gasteiger charge is -2.06. The number of hydrogen-bond acceptors (Lipinski definition) is 3. The minimum absolute atomic E-state index is 0.300. The summed E-state index contributed by atoms with van der Waals surface area (Å²) >= 11 is 7.31. The molecule has 24 heavy (non-hydrogen) atoms. The zero-order valence-electron chi connectivity index (χ0n) is 12.9. The number of nitrogens with one attached hydrogen (secondary N) is 2. The van der Waals surface area contributed by atoms with Crippen molar-refractivity contribution in [1.29, 1.82) is 0 Å². The van der Waals surface area contributed by atoms with Gasteiger partial charge in [0, 0.05) is 21.2 Å². The van der Waals surface area contributed by atoms with Crippen LogP contribution in [0.2, 0.25) is 5.02 Å². The zero-order valence-corrected chi connectivity index (χ0v) is 14.4. The number of halogens is 1. The van der Waals surface area contributed by atoms with Gasteiger partial charge in [-0.25, -0.2) is 4.79 Å². The first-order chi connectivity index (χ1) is 11.7. The number of ether oxygens (including phenoxy) is 1. The fourth-order valence-corrected chi connectivity index (χ4v) is 3.26. The van der Waals surface area contributed by atoms with E-state index in [4.69, 9.17) is 16.3 Å². The molecule has 122 valence electrons. The molecule has 3 aromatic rings. The van der Waals surface area contributed by atoms with E-state index >= 15 is 0 Å². The fourth-order valence-electron chi connectivity index (χ4n) is 2.21. The van der Waals surface area contributed by atoms with Gasteiger partial charge in [0.1, 0.15) is 5.75 Å². The molecule has 2 N–H and O–H groups in total. The lowest BCUT2D eigenvalue weighted by atomic mass is 10.1. The molecule has 6 heteroatoms. The van der Waals surface area contributed by atoms with Gasteiger partial charge >= 0.3 is 6.03 Å². The van der Waals surface area contributed by atoms with E-state index in [1.165, 1.54) is 11.3 Å². The molecule has 0 aliphatic rings. The van der Waals surface area contributed by atoms with Crippen molar-refractivity contribution in [2.24, 2.45) is 0 Å². The van der Waals surface area contributed by atoms with E-state index in [1.807, 2.05) is 36.4 Å². The summed E-state index contributed by atoms with van der Waals surface area (Å²) in [6.45, 7) is 0. The third-order valence-electron chi connectivity index (χ3n) is 3.32. The van der Waals surface area contributed by atoms with Crippen LogP contribution in [-0.4, -0.2) is 13.1 Å². The van der Waals surface area contributed by atoms with Crippen molar-refractivity contribution in [1.82, 2.24) is 0 Å². The molecule has 0 aliphatic carbocycles. The lowest BCUT2D eigenvalue weighted by molar-refractivity contribution is 0.262. The van der Waals surface area contributed by atoms with Crippen molar-refractivity contribution in [2.75, 3.05) is 17.7 Å². The van der Waals surface area contributed by atoms with Crippen LogP contribution in [0.15, 0.2) is 60.7 Å². The fraction of sp³-hybridized carbons (Fsp3) is 0.0556. The van der Waals surface area contributed by atoms with E-state index < -0.39 is 0 Å². The van der Waals surface area contributed by atoms with Gasteiger partial charge in [-0.1, -0.05) is 23.7 Å². The summed E-state index contributed by atoms with van der Waals surface area (Å²) in [5.74, 6) is 0.802. The van der Waals surface area contributed by atoms with Crippen molar-refractivity contribution in [3.05, 3.63) is 65.7 Å². The van der Waals surface area contributed by atoms with E-state index in [9.17, 15) is 4.79 Å². The second kappa shape index (κ2) is 7.38. The molecule has 3 rings (SSSR count). The molecule has 2 aromatic carbocycles. The molecule has 0 atom stereocenters. The number of benzene rings is 2. The van der Waals surface area contributed by atoms with Crippen LogP contribution >= 0.6 is 22.9 Å². The molecule has 0 unspecified atom stereocenters. The molecule has 0 saturated carbocycles. The van der Waals surface area contributed by atoms with Gasteiger partial charge in [0.25, 0.3) is 0 Å². The van der Waals surface area contributed by atoms with Gasteiger partial charge in [-0.05, 0) is 48.5 Å². The number of thiophene rings is 1. The van der Waals surface area contributed by atoms with E-state index in [-0.39, 0.29) is 6.03 Å². The van der Waals surface area contributed by atoms with Crippen LogP contribution in [0.25, 0.3) is 10.4 Å². The topological polar surface area (TPSA) is 50.4 Å². The summed E-state index contributed by atoms with van der Waals surface area (Å²) in [5.41, 5.74) is 1.68. The number of amides is 2. The van der Waals surface area contributed by atoms with Crippen LogP contribution in [0.1, 0.15) is 0 Å². The van der Waals surface area contributed by atoms with Crippen molar-refractivity contribution in [3.63, 3.8) is 0 Å². The number of carbonyl (C=O) groups excluding carboxylic acids is 1. The highest BCUT2D eigenvalue weighted by molar-refractivity contribution is 7.19. The van der Waals surface area contributed by atoms with Crippen molar-refractivity contribution in [3.8, 4) is 16.2 Å². The standard InChI is InChI=1S/C18H15ClN2O2S/c1-23-15-5-3-2-4-14(15)16-10-11-17(24-16)21-18(22)20-13-8-6-12(19)7-9-13/h2-11H,1H3,(H2,20,21,22). The normalized spacial score (nSPS) is 10.2. The maximum absolute atomic E-state index is 12.1. The number of hydrogen-bond donors (Lipinski definition) is 2. The number of para-hydroxylation sites is 1. The molecule has 0 spiro atoms. The van der Waals surface area contributed by atoms with Gasteiger partial charge in [-0.3, -0.25) is 5.32 Å². The third-order valence-corrected chi connectivity index (χ3v) is 4.60. The largest absolute Gasteiger partial charge is 0.496 e. The van der Waals surface area contributed by atoms with E-state index in [1.54, 1.807) is 31.4 Å². The average molecular weight is 359 g/mol. The Morgan fingerprint density at radius 2 is 1.75 bits per heavy atom. The molecule has 4 nitrogen and oxygen atoms in total. The summed E-state index contributed by atoms with van der Waals surface area (Å²) in [6, 6.07) is 18.3. The molecule has 0 bridgehead atoms. The van der Waals surface area contributed by atoms with Crippen molar-refractivity contribution < 1.29 is 9.53 Å². The summed E-state index contributed by atoms with van der Waals surface area (Å²) in [5, 5.41) is 6.97. The van der Waals surface area contributed by atoms with E-state index in [0.29, 0.717) is 10.7 Å². The van der Waals surface area contributed by atoms with Crippen LogP contribution in [-0.2, 0) is 0 Å². The first-order valence-corrected chi connectivity index (χ1v) is 8.42. The van der Waals surface area contributed by atoms with Crippen LogP contribution in [0.3, 0.4) is 0 Å². The molecule has 1 aromatic heterocycles. The van der Waals surface area contributed by atoms with Crippen molar-refractivity contribution in [2.45, 2.75) is 0 Å². The Labute approximate surface area is 149 Å². The summed E-state index contributed by atoms with van der Waals surface area (Å²) in [7, 11) is 1.64. The van der Waals surface area contributed by atoms with Crippen LogP contribution in [0.4, 0.5) is 15.5 Å². The Morgan fingerprint density at radius 3 is 2.50 bits per heavy atom. The maximum atomic E-state index is 12.1. The maximum Gasteiger partial charge on any atom is 0.324 e. The zero-order chi connectivity index (χ0) is 16.9. The highest BCUT2D eigenvalue weighted by Crippen LogP contribution is 2.36. The van der Waals surface area contributed by atoms with Gasteiger partial charge in [-0.15, -0.1) is 11.3 Å².